The molecule has 1 unspecified atom stereocenters. The Hall–Kier alpha value is -2.09. The third kappa shape index (κ3) is 3.53. The number of rotatable bonds is 7. The summed E-state index contributed by atoms with van der Waals surface area (Å²) in [6.45, 7) is 5.39. The maximum absolute atomic E-state index is 12.2. The minimum absolute atomic E-state index is 0.00199. The van der Waals surface area contributed by atoms with E-state index < -0.39 is 0 Å². The van der Waals surface area contributed by atoms with Gasteiger partial charge in [-0.1, -0.05) is 13.3 Å². The first-order chi connectivity index (χ1) is 11.6. The monoisotopic (exact) mass is 335 g/mol. The summed E-state index contributed by atoms with van der Waals surface area (Å²) in [4.78, 5) is 23.5. The lowest BCUT2D eigenvalue weighted by Crippen LogP contribution is -2.20. The van der Waals surface area contributed by atoms with Gasteiger partial charge in [0.15, 0.2) is 11.5 Å². The molecular weight excluding hydrogens is 310 g/mol. The fourth-order valence-electron chi connectivity index (χ4n) is 3.08. The summed E-state index contributed by atoms with van der Waals surface area (Å²) in [7, 11) is 0. The third-order valence-corrected chi connectivity index (χ3v) is 4.33. The average Bonchev–Trinajstić information content (AvgIpc) is 3.14. The molecule has 8 nitrogen and oxygen atoms in total. The van der Waals surface area contributed by atoms with Gasteiger partial charge in [0.25, 0.3) is 0 Å². The summed E-state index contributed by atoms with van der Waals surface area (Å²) in [6, 6.07) is 0.214. The lowest BCUT2D eigenvalue weighted by molar-refractivity contribution is 0.100. The number of imidazole rings is 1. The molecule has 8 heteroatoms. The smallest absolute Gasteiger partial charge is 0.327 e. The number of nitrogens with two attached hydrogens (primary N) is 1. The molecule has 2 aromatic heterocycles. The van der Waals surface area contributed by atoms with Crippen molar-refractivity contribution in [1.82, 2.24) is 19.5 Å². The number of fused-ring (bicyclic) bond motifs is 1. The molecule has 3 rings (SSSR count). The Labute approximate surface area is 140 Å². The molecule has 24 heavy (non-hydrogen) atoms. The number of aryl methyl sites for hydroxylation is 1. The van der Waals surface area contributed by atoms with E-state index >= 15 is 0 Å². The molecule has 1 saturated heterocycles. The normalized spacial score (nSPS) is 19.0. The first-order valence-electron chi connectivity index (χ1n) is 8.62. The molecule has 0 radical (unpaired) electrons. The number of H-pyrrole nitrogens is 1. The molecule has 0 spiro atoms. The topological polar surface area (TPSA) is 108 Å². The van der Waals surface area contributed by atoms with Gasteiger partial charge < -0.3 is 20.2 Å². The maximum Gasteiger partial charge on any atom is 0.327 e. The molecule has 3 N–H and O–H groups in total. The highest BCUT2D eigenvalue weighted by Gasteiger charge is 2.19. The fraction of sp³-hybridized carbons (Fsp3) is 0.688. The van der Waals surface area contributed by atoms with Crippen molar-refractivity contribution < 1.29 is 9.47 Å². The second-order valence-corrected chi connectivity index (χ2v) is 6.31. The molecule has 0 aromatic carbocycles. The standard InChI is InChI=1S/C16H25N5O3/c1-3-5-10(2)24-15-19-13(17)12-14(20-15)21(16(22)18-12)8-7-11-6-4-9-23-11/h10-11H,3-9H2,1-2H3,(H,18,22)(H2,17,19,20)/t10-,11?/m1/s1. The Balaban J connectivity index is 1.86. The van der Waals surface area contributed by atoms with Gasteiger partial charge in [0.1, 0.15) is 5.52 Å². The Morgan fingerprint density at radius 1 is 1.50 bits per heavy atom. The second-order valence-electron chi connectivity index (χ2n) is 6.31. The quantitative estimate of drug-likeness (QED) is 0.799. The van der Waals surface area contributed by atoms with Crippen LogP contribution in [-0.2, 0) is 11.3 Å². The molecule has 0 aliphatic carbocycles. The maximum atomic E-state index is 12.2. The number of hydrogen-bond donors (Lipinski definition) is 2. The second kappa shape index (κ2) is 7.21. The van der Waals surface area contributed by atoms with Gasteiger partial charge in [-0.2, -0.15) is 9.97 Å². The van der Waals surface area contributed by atoms with Crippen LogP contribution in [0.4, 0.5) is 5.82 Å². The van der Waals surface area contributed by atoms with Gasteiger partial charge in [-0.3, -0.25) is 4.57 Å². The lowest BCUT2D eigenvalue weighted by Gasteiger charge is -2.13. The molecule has 1 fully saturated rings. The zero-order valence-electron chi connectivity index (χ0n) is 14.2. The van der Waals surface area contributed by atoms with E-state index in [4.69, 9.17) is 15.2 Å². The first-order valence-corrected chi connectivity index (χ1v) is 8.62. The minimum Gasteiger partial charge on any atom is -0.460 e. The van der Waals surface area contributed by atoms with Crippen molar-refractivity contribution in [1.29, 1.82) is 0 Å². The van der Waals surface area contributed by atoms with E-state index in [1.54, 1.807) is 4.57 Å². The number of ether oxygens (including phenoxy) is 2. The number of nitrogens with zero attached hydrogens (tertiary/aromatic N) is 3. The van der Waals surface area contributed by atoms with E-state index in [0.717, 1.165) is 38.7 Å². The van der Waals surface area contributed by atoms with Crippen molar-refractivity contribution in [3.05, 3.63) is 10.5 Å². The van der Waals surface area contributed by atoms with Gasteiger partial charge in [0.2, 0.25) is 0 Å². The molecule has 2 atom stereocenters. The molecule has 1 aliphatic rings. The van der Waals surface area contributed by atoms with Gasteiger partial charge in [-0.05, 0) is 32.6 Å². The Kier molecular flexibility index (Phi) is 5.03. The number of anilines is 1. The molecule has 1 aliphatic heterocycles. The summed E-state index contributed by atoms with van der Waals surface area (Å²) >= 11 is 0. The first kappa shape index (κ1) is 16.8. The van der Waals surface area contributed by atoms with Crippen molar-refractivity contribution in [3.63, 3.8) is 0 Å². The summed E-state index contributed by atoms with van der Waals surface area (Å²) < 4.78 is 12.9. The Morgan fingerprint density at radius 3 is 3.04 bits per heavy atom. The van der Waals surface area contributed by atoms with E-state index in [-0.39, 0.29) is 29.7 Å². The molecule has 0 saturated carbocycles. The summed E-state index contributed by atoms with van der Waals surface area (Å²) in [5.74, 6) is 0.228. The van der Waals surface area contributed by atoms with Crippen molar-refractivity contribution >= 4 is 17.0 Å². The fourth-order valence-corrected chi connectivity index (χ4v) is 3.08. The lowest BCUT2D eigenvalue weighted by atomic mass is 10.2. The van der Waals surface area contributed by atoms with Crippen LogP contribution in [0.15, 0.2) is 4.79 Å². The number of aromatic amines is 1. The van der Waals surface area contributed by atoms with Crippen LogP contribution < -0.4 is 16.2 Å². The summed E-state index contributed by atoms with van der Waals surface area (Å²) in [5, 5.41) is 0. The predicted octanol–water partition coefficient (Wildman–Crippen LogP) is 1.84. The van der Waals surface area contributed by atoms with E-state index in [9.17, 15) is 4.79 Å². The average molecular weight is 335 g/mol. The molecule has 0 amide bonds. The van der Waals surface area contributed by atoms with E-state index in [0.29, 0.717) is 17.7 Å². The van der Waals surface area contributed by atoms with Crippen LogP contribution >= 0.6 is 0 Å². The molecule has 0 bridgehead atoms. The summed E-state index contributed by atoms with van der Waals surface area (Å²) in [6.07, 6.45) is 5.01. The van der Waals surface area contributed by atoms with Gasteiger partial charge in [-0.15, -0.1) is 0 Å². The van der Waals surface area contributed by atoms with Gasteiger partial charge >= 0.3 is 11.7 Å². The third-order valence-electron chi connectivity index (χ3n) is 4.33. The van der Waals surface area contributed by atoms with E-state index in [1.165, 1.54) is 0 Å². The predicted molar refractivity (Wildman–Crippen MR) is 91.2 cm³/mol. The minimum atomic E-state index is -0.234. The summed E-state index contributed by atoms with van der Waals surface area (Å²) in [5.41, 5.74) is 6.69. The number of hydrogen-bond acceptors (Lipinski definition) is 6. The Morgan fingerprint density at radius 2 is 2.33 bits per heavy atom. The largest absolute Gasteiger partial charge is 0.460 e. The van der Waals surface area contributed by atoms with Crippen LogP contribution in [0.25, 0.3) is 11.2 Å². The van der Waals surface area contributed by atoms with Crippen LogP contribution in [0.3, 0.4) is 0 Å². The van der Waals surface area contributed by atoms with Crippen molar-refractivity contribution in [2.24, 2.45) is 0 Å². The van der Waals surface area contributed by atoms with Crippen LogP contribution in [-0.4, -0.2) is 38.3 Å². The van der Waals surface area contributed by atoms with Gasteiger partial charge in [0, 0.05) is 13.2 Å². The van der Waals surface area contributed by atoms with Crippen LogP contribution in [0.2, 0.25) is 0 Å². The highest BCUT2D eigenvalue weighted by molar-refractivity contribution is 5.81. The van der Waals surface area contributed by atoms with Crippen molar-refractivity contribution in [2.45, 2.75) is 64.7 Å². The van der Waals surface area contributed by atoms with E-state index in [1.807, 2.05) is 6.92 Å². The highest BCUT2D eigenvalue weighted by Crippen LogP contribution is 2.21. The van der Waals surface area contributed by atoms with E-state index in [2.05, 4.69) is 21.9 Å². The number of nitrogen functional groups attached to an aromatic ring is 1. The van der Waals surface area contributed by atoms with Gasteiger partial charge in [0.05, 0.1) is 12.2 Å². The Bertz CT molecular complexity index is 748. The number of nitrogens with one attached hydrogen (secondary N) is 1. The SMILES string of the molecule is CCC[C@@H](C)Oc1nc(N)c2[nH]c(=O)n(CCC3CCCO3)c2n1. The van der Waals surface area contributed by atoms with Crippen molar-refractivity contribution in [3.8, 4) is 6.01 Å². The molecule has 132 valence electrons. The molecule has 2 aromatic rings. The molecular formula is C16H25N5O3. The zero-order chi connectivity index (χ0) is 17.1. The van der Waals surface area contributed by atoms with Crippen molar-refractivity contribution in [2.75, 3.05) is 12.3 Å². The highest BCUT2D eigenvalue weighted by atomic mass is 16.5. The van der Waals surface area contributed by atoms with Crippen LogP contribution in [0.1, 0.15) is 46.0 Å². The zero-order valence-corrected chi connectivity index (χ0v) is 14.2. The number of aromatic nitrogens is 4. The van der Waals surface area contributed by atoms with Crippen LogP contribution in [0.5, 0.6) is 6.01 Å². The van der Waals surface area contributed by atoms with Crippen LogP contribution in [0, 0.1) is 0 Å². The van der Waals surface area contributed by atoms with Gasteiger partial charge in [-0.25, -0.2) is 4.79 Å². The molecule has 3 heterocycles.